The number of benzene rings is 2. The lowest BCUT2D eigenvalue weighted by Crippen LogP contribution is -2.34. The van der Waals surface area contributed by atoms with Crippen LogP contribution in [0.4, 0.5) is 13.6 Å². The highest BCUT2D eigenvalue weighted by Crippen LogP contribution is 2.45. The van der Waals surface area contributed by atoms with E-state index in [-0.39, 0.29) is 51.8 Å². The van der Waals surface area contributed by atoms with Crippen LogP contribution in [0.25, 0.3) is 0 Å². The average Bonchev–Trinajstić information content (AvgIpc) is 3.43. The van der Waals surface area contributed by atoms with Crippen LogP contribution >= 0.6 is 44.3 Å². The van der Waals surface area contributed by atoms with Crippen molar-refractivity contribution < 1.29 is 33.0 Å². The van der Waals surface area contributed by atoms with E-state index in [0.717, 1.165) is 0 Å². The highest BCUT2D eigenvalue weighted by atomic mass is 79.9. The van der Waals surface area contributed by atoms with Crippen LogP contribution in [0.1, 0.15) is 56.9 Å². The van der Waals surface area contributed by atoms with Crippen LogP contribution in [0.5, 0.6) is 0 Å². The van der Waals surface area contributed by atoms with Gasteiger partial charge in [0.05, 0.1) is 15.6 Å². The van der Waals surface area contributed by atoms with Crippen LogP contribution in [0.2, 0.25) is 0 Å². The molecular formula is C25H29Br2ClF2N2O5. The van der Waals surface area contributed by atoms with E-state index in [1.165, 1.54) is 6.07 Å². The Morgan fingerprint density at radius 2 is 1.57 bits per heavy atom. The number of hydrogen-bond donors (Lipinski definition) is 3. The van der Waals surface area contributed by atoms with E-state index in [9.17, 15) is 23.5 Å². The highest BCUT2D eigenvalue weighted by molar-refractivity contribution is 9.10. The fraction of sp³-hybridized carbons (Fsp3) is 0.400. The summed E-state index contributed by atoms with van der Waals surface area (Å²) in [7, 11) is 0. The minimum Gasteiger partial charge on any atom is -0.479 e. The quantitative estimate of drug-likeness (QED) is 0.252. The molecule has 1 spiro atoms. The molecule has 2 aromatic rings. The van der Waals surface area contributed by atoms with Gasteiger partial charge in [-0.25, -0.2) is 13.6 Å². The van der Waals surface area contributed by atoms with E-state index in [1.807, 2.05) is 0 Å². The maximum absolute atomic E-state index is 13.8. The Morgan fingerprint density at radius 3 is 2.08 bits per heavy atom. The number of carbonyl (C=O) groups excluding carboxylic acids is 2. The average molecular weight is 671 g/mol. The summed E-state index contributed by atoms with van der Waals surface area (Å²) in [4.78, 5) is 22.9. The van der Waals surface area contributed by atoms with Crippen molar-refractivity contribution in [1.29, 1.82) is 5.41 Å². The molecule has 2 aromatic carbocycles. The number of fused-ring (bicyclic) bond motifs is 3. The summed E-state index contributed by atoms with van der Waals surface area (Å²) in [6.07, 6.45) is 0.585. The minimum absolute atomic E-state index is 0. The van der Waals surface area contributed by atoms with Crippen LogP contribution in [0.15, 0.2) is 33.2 Å². The molecule has 2 atom stereocenters. The van der Waals surface area contributed by atoms with Crippen LogP contribution in [-0.2, 0) is 38.3 Å². The van der Waals surface area contributed by atoms with Gasteiger partial charge in [-0.15, -0.1) is 12.4 Å². The van der Waals surface area contributed by atoms with Gasteiger partial charge in [0.2, 0.25) is 11.5 Å². The van der Waals surface area contributed by atoms with Crippen molar-refractivity contribution in [2.24, 2.45) is 0 Å². The number of alkyl carbamates (subject to hydrolysis) is 1. The Bertz CT molecular complexity index is 1230. The van der Waals surface area contributed by atoms with Crippen LogP contribution in [0, 0.1) is 17.0 Å². The maximum Gasteiger partial charge on any atom is 0.415 e. The zero-order valence-electron chi connectivity index (χ0n) is 18.3. The number of imide groups is 1. The second kappa shape index (κ2) is 12.2. The first-order valence-corrected chi connectivity index (χ1v) is 12.1. The summed E-state index contributed by atoms with van der Waals surface area (Å²) < 4.78 is 38.5. The zero-order valence-corrected chi connectivity index (χ0v) is 22.3. The summed E-state index contributed by atoms with van der Waals surface area (Å²) in [5.74, 6) is -1.47. The smallest absolute Gasteiger partial charge is 0.415 e. The third kappa shape index (κ3) is 5.41. The summed E-state index contributed by atoms with van der Waals surface area (Å²) in [5, 5.41) is 20.2. The SMILES string of the molecule is C.C.CCOC(=N)C1(O)CCc2c1ccc(Br)c2F.Cl.O=C1NC(=O)C2(CCc3c2ccc(Br)c3F)O1. The Labute approximate surface area is 237 Å². The monoisotopic (exact) mass is 668 g/mol. The molecule has 0 radical (unpaired) electrons. The Balaban J connectivity index is 0.000000342. The van der Waals surface area contributed by atoms with Gasteiger partial charge >= 0.3 is 6.09 Å². The van der Waals surface area contributed by atoms with Gasteiger partial charge in [-0.2, -0.15) is 0 Å². The molecule has 0 aromatic heterocycles. The molecule has 3 N–H and O–H groups in total. The molecule has 1 fully saturated rings. The van der Waals surface area contributed by atoms with E-state index < -0.39 is 29.0 Å². The van der Waals surface area contributed by atoms with Crippen LogP contribution in [-0.4, -0.2) is 29.6 Å². The van der Waals surface area contributed by atoms with E-state index in [4.69, 9.17) is 14.9 Å². The fourth-order valence-corrected chi connectivity index (χ4v) is 5.32. The number of carbonyl (C=O) groups is 2. The molecule has 3 aliphatic rings. The van der Waals surface area contributed by atoms with E-state index in [1.54, 1.807) is 25.1 Å². The van der Waals surface area contributed by atoms with E-state index in [0.29, 0.717) is 50.6 Å². The summed E-state index contributed by atoms with van der Waals surface area (Å²) in [6, 6.07) is 6.32. The maximum atomic E-state index is 13.8. The number of halogens is 5. The number of aliphatic hydroxyl groups is 1. The third-order valence-corrected chi connectivity index (χ3v) is 7.48. The van der Waals surface area contributed by atoms with Crippen molar-refractivity contribution in [1.82, 2.24) is 5.32 Å². The number of ether oxygens (including phenoxy) is 2. The summed E-state index contributed by atoms with van der Waals surface area (Å²) in [5.41, 5.74) is -1.02. The lowest BCUT2D eigenvalue weighted by atomic mass is 9.95. The number of rotatable bonds is 2. The van der Waals surface area contributed by atoms with Gasteiger partial charge in [-0.3, -0.25) is 15.5 Å². The molecular weight excluding hydrogens is 642 g/mol. The molecule has 2 aliphatic carbocycles. The van der Waals surface area contributed by atoms with Gasteiger partial charge in [0, 0.05) is 12.0 Å². The number of hydrogen-bond acceptors (Lipinski definition) is 6. The number of amides is 2. The van der Waals surface area contributed by atoms with Gasteiger partial charge < -0.3 is 14.6 Å². The molecule has 7 nitrogen and oxygen atoms in total. The molecule has 5 rings (SSSR count). The topological polar surface area (TPSA) is 109 Å². The first-order chi connectivity index (χ1) is 16.0. The molecule has 1 saturated heterocycles. The van der Waals surface area contributed by atoms with Crippen molar-refractivity contribution in [3.8, 4) is 0 Å². The highest BCUT2D eigenvalue weighted by Gasteiger charge is 2.54. The second-order valence-corrected chi connectivity index (χ2v) is 9.78. The van der Waals surface area contributed by atoms with Gasteiger partial charge in [-0.05, 0) is 86.9 Å². The van der Waals surface area contributed by atoms with Gasteiger partial charge in [-0.1, -0.05) is 27.0 Å². The van der Waals surface area contributed by atoms with Crippen molar-refractivity contribution in [2.45, 2.75) is 58.7 Å². The van der Waals surface area contributed by atoms with Crippen molar-refractivity contribution in [3.05, 3.63) is 67.1 Å². The van der Waals surface area contributed by atoms with E-state index >= 15 is 0 Å². The fourth-order valence-electron chi connectivity index (χ4n) is 4.58. The standard InChI is InChI=1S/C12H13BrFNO2.C11H7BrFNO3.2CH4.ClH/c1-2-17-11(15)12(16)6-5-7-8(12)3-4-9(13)10(7)14;12-7-2-1-6-5(8(7)13)3-4-11(6)9(15)14-10(16)17-11;;;/h3-4,15-16H,2,5-6H2,1H3;1-2H,3-4H2,(H,14,15,16);2*1H4;1H. The number of nitrogens with one attached hydrogen (secondary N) is 2. The van der Waals surface area contributed by atoms with Gasteiger partial charge in [0.25, 0.3) is 5.91 Å². The predicted molar refractivity (Wildman–Crippen MR) is 145 cm³/mol. The lowest BCUT2D eigenvalue weighted by Gasteiger charge is -2.24. The predicted octanol–water partition coefficient (Wildman–Crippen LogP) is 6.43. The van der Waals surface area contributed by atoms with Crippen molar-refractivity contribution >= 4 is 62.2 Å². The van der Waals surface area contributed by atoms with Crippen LogP contribution in [0.3, 0.4) is 0 Å². The molecule has 1 aliphatic heterocycles. The molecule has 2 unspecified atom stereocenters. The molecule has 0 bridgehead atoms. The minimum atomic E-state index is -1.48. The largest absolute Gasteiger partial charge is 0.479 e. The van der Waals surface area contributed by atoms with Gasteiger partial charge in [0.1, 0.15) is 11.6 Å². The Morgan fingerprint density at radius 1 is 1.05 bits per heavy atom. The van der Waals surface area contributed by atoms with Crippen molar-refractivity contribution in [3.63, 3.8) is 0 Å². The Hall–Kier alpha value is -2.08. The first kappa shape index (κ1) is 32.9. The molecule has 37 heavy (non-hydrogen) atoms. The lowest BCUT2D eigenvalue weighted by molar-refractivity contribution is -0.131. The van der Waals surface area contributed by atoms with Gasteiger partial charge in [0.15, 0.2) is 5.60 Å². The second-order valence-electron chi connectivity index (χ2n) is 8.07. The van der Waals surface area contributed by atoms with Crippen molar-refractivity contribution in [2.75, 3.05) is 6.61 Å². The molecule has 1 heterocycles. The Kier molecular flexibility index (Phi) is 10.9. The molecule has 204 valence electrons. The summed E-state index contributed by atoms with van der Waals surface area (Å²) >= 11 is 6.20. The van der Waals surface area contributed by atoms with E-state index in [2.05, 4.69) is 37.2 Å². The zero-order chi connectivity index (χ0) is 24.8. The van der Waals surface area contributed by atoms with Crippen LogP contribution < -0.4 is 5.32 Å². The molecule has 12 heteroatoms. The summed E-state index contributed by atoms with van der Waals surface area (Å²) in [6.45, 7) is 2.06. The first-order valence-electron chi connectivity index (χ1n) is 10.5. The normalized spacial score (nSPS) is 22.2. The third-order valence-electron chi connectivity index (χ3n) is 6.25. The molecule has 2 amide bonds. The molecule has 0 saturated carbocycles.